The number of nitro groups is 1. The van der Waals surface area contributed by atoms with E-state index in [1.165, 1.54) is 24.3 Å². The topological polar surface area (TPSA) is 55.2 Å². The normalized spacial score (nSPS) is 10.5. The number of hydrogen-bond acceptors (Lipinski definition) is 3. The molecule has 0 unspecified atom stereocenters. The molecule has 2 aromatic rings. The minimum Gasteiger partial charge on any atom is -0.309 e. The van der Waals surface area contributed by atoms with Crippen molar-refractivity contribution in [2.24, 2.45) is 0 Å². The van der Waals surface area contributed by atoms with Gasteiger partial charge < -0.3 is 5.32 Å². The summed E-state index contributed by atoms with van der Waals surface area (Å²) in [6.07, 6.45) is 0. The Hall–Kier alpha value is -1.79. The summed E-state index contributed by atoms with van der Waals surface area (Å²) in [6, 6.07) is 10.9. The summed E-state index contributed by atoms with van der Waals surface area (Å²) < 4.78 is 13.9. The fraction of sp³-hybridized carbons (Fsp3) is 0.143. The van der Waals surface area contributed by atoms with Crippen LogP contribution in [0.5, 0.6) is 0 Å². The van der Waals surface area contributed by atoms with Crippen molar-refractivity contribution in [3.63, 3.8) is 0 Å². The highest BCUT2D eigenvalue weighted by atomic mass is 79.9. The monoisotopic (exact) mass is 338 g/mol. The summed E-state index contributed by atoms with van der Waals surface area (Å²) in [5, 5.41) is 13.7. The molecule has 0 aliphatic rings. The third-order valence-electron chi connectivity index (χ3n) is 2.80. The molecule has 0 saturated carbocycles. The molecule has 2 rings (SSSR count). The van der Waals surface area contributed by atoms with Crippen molar-refractivity contribution < 1.29 is 9.31 Å². The van der Waals surface area contributed by atoms with Crippen LogP contribution in [-0.2, 0) is 13.1 Å². The summed E-state index contributed by atoms with van der Waals surface area (Å²) >= 11 is 3.36. The van der Waals surface area contributed by atoms with Gasteiger partial charge >= 0.3 is 0 Å². The van der Waals surface area contributed by atoms with Gasteiger partial charge in [0.25, 0.3) is 5.69 Å². The molecule has 0 aromatic heterocycles. The molecule has 0 aliphatic heterocycles. The smallest absolute Gasteiger partial charge is 0.269 e. The van der Waals surface area contributed by atoms with E-state index in [-0.39, 0.29) is 11.5 Å². The van der Waals surface area contributed by atoms with E-state index in [9.17, 15) is 14.5 Å². The zero-order valence-corrected chi connectivity index (χ0v) is 12.1. The van der Waals surface area contributed by atoms with Crippen LogP contribution in [-0.4, -0.2) is 4.92 Å². The molecule has 0 radical (unpaired) electrons. The van der Waals surface area contributed by atoms with Crippen molar-refractivity contribution in [1.82, 2.24) is 5.32 Å². The van der Waals surface area contributed by atoms with Crippen LogP contribution in [0.2, 0.25) is 0 Å². The number of halogens is 2. The number of hydrogen-bond donors (Lipinski definition) is 1. The predicted molar refractivity (Wildman–Crippen MR) is 77.7 cm³/mol. The number of nitrogens with one attached hydrogen (secondary N) is 1. The average molecular weight is 339 g/mol. The quantitative estimate of drug-likeness (QED) is 0.666. The molecule has 0 atom stereocenters. The molecule has 0 heterocycles. The van der Waals surface area contributed by atoms with Gasteiger partial charge in [-0.15, -0.1) is 0 Å². The Morgan fingerprint density at radius 3 is 2.50 bits per heavy atom. The van der Waals surface area contributed by atoms with E-state index in [4.69, 9.17) is 0 Å². The second-order valence-electron chi connectivity index (χ2n) is 4.26. The molecule has 4 nitrogen and oxygen atoms in total. The Bertz CT molecular complexity index is 617. The Morgan fingerprint density at radius 1 is 1.15 bits per heavy atom. The highest BCUT2D eigenvalue weighted by Crippen LogP contribution is 2.18. The zero-order valence-electron chi connectivity index (χ0n) is 10.5. The molecule has 20 heavy (non-hydrogen) atoms. The fourth-order valence-electron chi connectivity index (χ4n) is 1.76. The summed E-state index contributed by atoms with van der Waals surface area (Å²) in [5.41, 5.74) is 1.83. The molecule has 0 spiro atoms. The highest BCUT2D eigenvalue weighted by Gasteiger charge is 2.04. The Balaban J connectivity index is 1.92. The van der Waals surface area contributed by atoms with Gasteiger partial charge in [0.15, 0.2) is 0 Å². The van der Waals surface area contributed by atoms with Gasteiger partial charge in [-0.2, -0.15) is 0 Å². The average Bonchev–Trinajstić information content (AvgIpc) is 2.43. The third-order valence-corrected chi connectivity index (χ3v) is 3.57. The molecule has 104 valence electrons. The van der Waals surface area contributed by atoms with E-state index in [0.29, 0.717) is 13.1 Å². The first kappa shape index (κ1) is 14.6. The zero-order chi connectivity index (χ0) is 14.5. The van der Waals surface area contributed by atoms with Crippen molar-refractivity contribution in [1.29, 1.82) is 0 Å². The Kier molecular flexibility index (Phi) is 4.81. The molecule has 2 aromatic carbocycles. The number of rotatable bonds is 5. The van der Waals surface area contributed by atoms with Crippen molar-refractivity contribution in [3.8, 4) is 0 Å². The van der Waals surface area contributed by atoms with Crippen LogP contribution in [0.1, 0.15) is 11.1 Å². The maximum atomic E-state index is 13.1. The third kappa shape index (κ3) is 3.85. The summed E-state index contributed by atoms with van der Waals surface area (Å²) in [6.45, 7) is 1.07. The summed E-state index contributed by atoms with van der Waals surface area (Å²) in [5.74, 6) is -0.277. The number of nitro benzene ring substituents is 1. The number of benzene rings is 2. The van der Waals surface area contributed by atoms with Gasteiger partial charge in [-0.05, 0) is 29.3 Å². The van der Waals surface area contributed by atoms with Gasteiger partial charge in [0, 0.05) is 29.7 Å². The van der Waals surface area contributed by atoms with Crippen LogP contribution >= 0.6 is 15.9 Å². The van der Waals surface area contributed by atoms with Crippen LogP contribution in [0.25, 0.3) is 0 Å². The molecule has 0 bridgehead atoms. The molecule has 0 aliphatic carbocycles. The van der Waals surface area contributed by atoms with E-state index < -0.39 is 4.92 Å². The molecule has 1 N–H and O–H groups in total. The van der Waals surface area contributed by atoms with Crippen molar-refractivity contribution in [3.05, 3.63) is 74.0 Å². The molecule has 0 saturated heterocycles. The van der Waals surface area contributed by atoms with Gasteiger partial charge in [0.1, 0.15) is 5.82 Å². The van der Waals surface area contributed by atoms with Crippen LogP contribution in [0.15, 0.2) is 46.9 Å². The maximum Gasteiger partial charge on any atom is 0.269 e. The van der Waals surface area contributed by atoms with E-state index in [1.54, 1.807) is 18.2 Å². The van der Waals surface area contributed by atoms with Crippen LogP contribution in [0, 0.1) is 15.9 Å². The van der Waals surface area contributed by atoms with E-state index in [0.717, 1.165) is 15.6 Å². The highest BCUT2D eigenvalue weighted by molar-refractivity contribution is 9.10. The number of nitrogens with zero attached hydrogens (tertiary/aromatic N) is 1. The minimum absolute atomic E-state index is 0.0709. The van der Waals surface area contributed by atoms with Crippen molar-refractivity contribution >= 4 is 21.6 Å². The van der Waals surface area contributed by atoms with Crippen LogP contribution in [0.4, 0.5) is 10.1 Å². The number of non-ortho nitro benzene ring substituents is 1. The van der Waals surface area contributed by atoms with Crippen molar-refractivity contribution in [2.75, 3.05) is 0 Å². The lowest BCUT2D eigenvalue weighted by atomic mass is 10.2. The largest absolute Gasteiger partial charge is 0.309 e. The summed E-state index contributed by atoms with van der Waals surface area (Å²) in [7, 11) is 0. The second kappa shape index (κ2) is 6.58. The predicted octanol–water partition coefficient (Wildman–Crippen LogP) is 3.79. The van der Waals surface area contributed by atoms with E-state index in [2.05, 4.69) is 21.2 Å². The molecular formula is C14H12BrFN2O2. The summed E-state index contributed by atoms with van der Waals surface area (Å²) in [4.78, 5) is 10.1. The van der Waals surface area contributed by atoms with Gasteiger partial charge in [-0.25, -0.2) is 4.39 Å². The first-order valence-corrected chi connectivity index (χ1v) is 6.73. The van der Waals surface area contributed by atoms with Gasteiger partial charge in [-0.3, -0.25) is 10.1 Å². The molecular weight excluding hydrogens is 327 g/mol. The molecule has 0 amide bonds. The lowest BCUT2D eigenvalue weighted by Crippen LogP contribution is -2.13. The standard InChI is InChI=1S/C14H12BrFN2O2/c15-14-6-3-12(16)7-11(14)9-17-8-10-1-4-13(5-2-10)18(19)20/h1-7,17H,8-9H2. The van der Waals surface area contributed by atoms with Gasteiger partial charge in [-0.1, -0.05) is 28.1 Å². The minimum atomic E-state index is -0.429. The fourth-order valence-corrected chi connectivity index (χ4v) is 2.14. The van der Waals surface area contributed by atoms with Crippen molar-refractivity contribution in [2.45, 2.75) is 13.1 Å². The molecule has 6 heteroatoms. The Morgan fingerprint density at radius 2 is 1.85 bits per heavy atom. The lowest BCUT2D eigenvalue weighted by molar-refractivity contribution is -0.384. The van der Waals surface area contributed by atoms with Gasteiger partial charge in [0.2, 0.25) is 0 Å². The Labute approximate surface area is 123 Å². The first-order valence-electron chi connectivity index (χ1n) is 5.94. The first-order chi connectivity index (χ1) is 9.56. The SMILES string of the molecule is O=[N+]([O-])c1ccc(CNCc2cc(F)ccc2Br)cc1. The van der Waals surface area contributed by atoms with E-state index >= 15 is 0 Å². The molecule has 0 fully saturated rings. The maximum absolute atomic E-state index is 13.1. The van der Waals surface area contributed by atoms with E-state index in [1.807, 2.05) is 0 Å². The second-order valence-corrected chi connectivity index (χ2v) is 5.12. The van der Waals surface area contributed by atoms with Crippen LogP contribution < -0.4 is 5.32 Å². The van der Waals surface area contributed by atoms with Crippen LogP contribution in [0.3, 0.4) is 0 Å². The lowest BCUT2D eigenvalue weighted by Gasteiger charge is -2.07. The van der Waals surface area contributed by atoms with Gasteiger partial charge in [0.05, 0.1) is 4.92 Å².